The van der Waals surface area contributed by atoms with Crippen LogP contribution in [0.2, 0.25) is 0 Å². The molecule has 4 nitrogen and oxygen atoms in total. The van der Waals surface area contributed by atoms with Crippen molar-refractivity contribution in [3.63, 3.8) is 0 Å². The van der Waals surface area contributed by atoms with Crippen LogP contribution in [-0.2, 0) is 4.79 Å². The third-order valence-electron chi connectivity index (χ3n) is 2.94. The van der Waals surface area contributed by atoms with Gasteiger partial charge >= 0.3 is 0 Å². The lowest BCUT2D eigenvalue weighted by Crippen LogP contribution is -2.41. The highest BCUT2D eigenvalue weighted by atomic mass is 32.2. The highest BCUT2D eigenvalue weighted by molar-refractivity contribution is 7.98. The van der Waals surface area contributed by atoms with E-state index in [0.717, 1.165) is 17.1 Å². The number of nitrogens with one attached hydrogen (secondary N) is 1. The van der Waals surface area contributed by atoms with Crippen LogP contribution in [0.15, 0.2) is 24.3 Å². The Labute approximate surface area is 119 Å². The molecular weight excluding hydrogens is 260 g/mol. The van der Waals surface area contributed by atoms with Gasteiger partial charge < -0.3 is 15.8 Å². The minimum atomic E-state index is -0.437. The van der Waals surface area contributed by atoms with E-state index in [4.69, 9.17) is 10.5 Å². The number of thioether (sulfide) groups is 1. The first-order chi connectivity index (χ1) is 9.08. The number of methoxy groups -OCH3 is 1. The minimum Gasteiger partial charge on any atom is -0.497 e. The van der Waals surface area contributed by atoms with Gasteiger partial charge in [0.25, 0.3) is 0 Å². The largest absolute Gasteiger partial charge is 0.497 e. The second-order valence-electron chi connectivity index (χ2n) is 4.39. The van der Waals surface area contributed by atoms with Crippen molar-refractivity contribution in [3.05, 3.63) is 29.8 Å². The Bertz CT molecular complexity index is 395. The summed E-state index contributed by atoms with van der Waals surface area (Å²) in [5.41, 5.74) is 6.86. The van der Waals surface area contributed by atoms with Crippen LogP contribution in [0.1, 0.15) is 24.9 Å². The fourth-order valence-corrected chi connectivity index (χ4v) is 2.16. The summed E-state index contributed by atoms with van der Waals surface area (Å²) in [6.07, 6.45) is 2.70. The van der Waals surface area contributed by atoms with Crippen molar-refractivity contribution in [1.82, 2.24) is 5.32 Å². The average molecular weight is 282 g/mol. The summed E-state index contributed by atoms with van der Waals surface area (Å²) < 4.78 is 5.10. The summed E-state index contributed by atoms with van der Waals surface area (Å²) in [4.78, 5) is 11.9. The molecule has 106 valence electrons. The molecule has 0 heterocycles. The monoisotopic (exact) mass is 282 g/mol. The Balaban J connectivity index is 2.53. The SMILES string of the molecule is COc1ccc(C(C)NC(=O)[C@@H](N)CCSC)cc1. The lowest BCUT2D eigenvalue weighted by molar-refractivity contribution is -0.123. The molecule has 0 spiro atoms. The molecule has 0 aliphatic carbocycles. The smallest absolute Gasteiger partial charge is 0.237 e. The highest BCUT2D eigenvalue weighted by Crippen LogP contribution is 2.17. The van der Waals surface area contributed by atoms with E-state index in [1.807, 2.05) is 37.4 Å². The number of ether oxygens (including phenoxy) is 1. The Morgan fingerprint density at radius 3 is 2.58 bits per heavy atom. The number of benzene rings is 1. The van der Waals surface area contributed by atoms with Crippen LogP contribution < -0.4 is 15.8 Å². The van der Waals surface area contributed by atoms with Gasteiger partial charge in [-0.25, -0.2) is 0 Å². The van der Waals surface area contributed by atoms with Gasteiger partial charge in [-0.3, -0.25) is 4.79 Å². The predicted molar refractivity (Wildman–Crippen MR) is 80.5 cm³/mol. The topological polar surface area (TPSA) is 64.3 Å². The summed E-state index contributed by atoms with van der Waals surface area (Å²) in [6.45, 7) is 1.95. The quantitative estimate of drug-likeness (QED) is 0.802. The molecule has 1 rings (SSSR count). The minimum absolute atomic E-state index is 0.0567. The molecule has 2 atom stereocenters. The van der Waals surface area contributed by atoms with Gasteiger partial charge in [-0.05, 0) is 43.0 Å². The van der Waals surface area contributed by atoms with Crippen LogP contribution in [0.25, 0.3) is 0 Å². The van der Waals surface area contributed by atoms with Crippen molar-refractivity contribution in [3.8, 4) is 5.75 Å². The zero-order valence-electron chi connectivity index (χ0n) is 11.7. The highest BCUT2D eigenvalue weighted by Gasteiger charge is 2.16. The predicted octanol–water partition coefficient (Wildman–Crippen LogP) is 1.95. The first-order valence-corrected chi connectivity index (χ1v) is 7.66. The van der Waals surface area contributed by atoms with Crippen LogP contribution >= 0.6 is 11.8 Å². The van der Waals surface area contributed by atoms with E-state index < -0.39 is 6.04 Å². The summed E-state index contributed by atoms with van der Waals surface area (Å²) in [6, 6.07) is 7.15. The van der Waals surface area contributed by atoms with E-state index in [2.05, 4.69) is 5.32 Å². The molecule has 1 aromatic carbocycles. The Morgan fingerprint density at radius 1 is 1.42 bits per heavy atom. The van der Waals surface area contributed by atoms with Gasteiger partial charge in [0.2, 0.25) is 5.91 Å². The molecule has 1 unspecified atom stereocenters. The number of carbonyl (C=O) groups is 1. The van der Waals surface area contributed by atoms with E-state index in [1.165, 1.54) is 0 Å². The van der Waals surface area contributed by atoms with Crippen molar-refractivity contribution >= 4 is 17.7 Å². The fourth-order valence-electron chi connectivity index (χ4n) is 1.67. The van der Waals surface area contributed by atoms with Crippen LogP contribution in [0.4, 0.5) is 0 Å². The molecule has 3 N–H and O–H groups in total. The number of amides is 1. The third-order valence-corrected chi connectivity index (χ3v) is 3.59. The van der Waals surface area contributed by atoms with Crippen molar-refractivity contribution < 1.29 is 9.53 Å². The molecule has 19 heavy (non-hydrogen) atoms. The number of nitrogens with two attached hydrogens (primary N) is 1. The Hall–Kier alpha value is -1.20. The molecule has 0 fully saturated rings. The maximum absolute atomic E-state index is 11.9. The van der Waals surface area contributed by atoms with Gasteiger partial charge in [-0.2, -0.15) is 11.8 Å². The summed E-state index contributed by atoms with van der Waals surface area (Å²) in [5, 5.41) is 2.93. The summed E-state index contributed by atoms with van der Waals surface area (Å²) >= 11 is 1.69. The van der Waals surface area contributed by atoms with Crippen molar-refractivity contribution in [2.24, 2.45) is 5.73 Å². The lowest BCUT2D eigenvalue weighted by atomic mass is 10.1. The summed E-state index contributed by atoms with van der Waals surface area (Å²) in [5.74, 6) is 1.60. The molecular formula is C14H22N2O2S. The van der Waals surface area contributed by atoms with E-state index in [1.54, 1.807) is 18.9 Å². The first kappa shape index (κ1) is 15.9. The van der Waals surface area contributed by atoms with E-state index in [-0.39, 0.29) is 11.9 Å². The molecule has 0 radical (unpaired) electrons. The number of rotatable bonds is 7. The van der Waals surface area contributed by atoms with Gasteiger partial charge in [0.1, 0.15) is 5.75 Å². The zero-order valence-corrected chi connectivity index (χ0v) is 12.5. The van der Waals surface area contributed by atoms with Crippen LogP contribution in [0.3, 0.4) is 0 Å². The van der Waals surface area contributed by atoms with Crippen molar-refractivity contribution in [2.45, 2.75) is 25.4 Å². The van der Waals surface area contributed by atoms with Gasteiger partial charge in [-0.15, -0.1) is 0 Å². The molecule has 0 bridgehead atoms. The fraction of sp³-hybridized carbons (Fsp3) is 0.500. The standard InChI is InChI=1S/C14H22N2O2S/c1-10(11-4-6-12(18-2)7-5-11)16-14(17)13(15)8-9-19-3/h4-7,10,13H,8-9,15H2,1-3H3,(H,16,17)/t10?,13-/m0/s1. The third kappa shape index (κ3) is 5.12. The number of hydrogen-bond donors (Lipinski definition) is 2. The average Bonchev–Trinajstić information content (AvgIpc) is 2.44. The molecule has 5 heteroatoms. The second-order valence-corrected chi connectivity index (χ2v) is 5.38. The summed E-state index contributed by atoms with van der Waals surface area (Å²) in [7, 11) is 1.63. The Morgan fingerprint density at radius 2 is 2.05 bits per heavy atom. The molecule has 0 aliphatic heterocycles. The molecule has 0 aliphatic rings. The van der Waals surface area contributed by atoms with Crippen LogP contribution in [-0.4, -0.2) is 31.1 Å². The van der Waals surface area contributed by atoms with E-state index in [0.29, 0.717) is 6.42 Å². The van der Waals surface area contributed by atoms with E-state index >= 15 is 0 Å². The maximum atomic E-state index is 11.9. The number of carbonyl (C=O) groups excluding carboxylic acids is 1. The molecule has 0 aromatic heterocycles. The number of hydrogen-bond acceptors (Lipinski definition) is 4. The van der Waals surface area contributed by atoms with Gasteiger partial charge in [0, 0.05) is 0 Å². The van der Waals surface area contributed by atoms with Crippen molar-refractivity contribution in [1.29, 1.82) is 0 Å². The van der Waals surface area contributed by atoms with Gasteiger partial charge in [0.15, 0.2) is 0 Å². The lowest BCUT2D eigenvalue weighted by Gasteiger charge is -2.18. The maximum Gasteiger partial charge on any atom is 0.237 e. The molecule has 0 saturated carbocycles. The van der Waals surface area contributed by atoms with E-state index in [9.17, 15) is 4.79 Å². The van der Waals surface area contributed by atoms with Crippen molar-refractivity contribution in [2.75, 3.05) is 19.1 Å². The normalized spacial score (nSPS) is 13.7. The molecule has 1 amide bonds. The zero-order chi connectivity index (χ0) is 14.3. The van der Waals surface area contributed by atoms with Gasteiger partial charge in [0.05, 0.1) is 19.2 Å². The van der Waals surface area contributed by atoms with Crippen LogP contribution in [0, 0.1) is 0 Å². The molecule has 1 aromatic rings. The second kappa shape index (κ2) is 8.07. The first-order valence-electron chi connectivity index (χ1n) is 6.27. The Kier molecular flexibility index (Phi) is 6.73. The van der Waals surface area contributed by atoms with Gasteiger partial charge in [-0.1, -0.05) is 12.1 Å². The molecule has 0 saturated heterocycles. The van der Waals surface area contributed by atoms with Crippen LogP contribution in [0.5, 0.6) is 5.75 Å².